The van der Waals surface area contributed by atoms with Crippen molar-refractivity contribution in [1.29, 1.82) is 0 Å². The molecule has 0 aliphatic heterocycles. The van der Waals surface area contributed by atoms with Crippen LogP contribution in [-0.4, -0.2) is 16.0 Å². The normalized spacial score (nSPS) is 10.6. The molecule has 18 heavy (non-hydrogen) atoms. The molecule has 2 N–H and O–H groups in total. The van der Waals surface area contributed by atoms with Crippen molar-refractivity contribution in [3.8, 4) is 11.5 Å². The molecule has 0 unspecified atom stereocenters. The Hall–Kier alpha value is -1.51. The number of hydrogen-bond acceptors (Lipinski definition) is 3. The molecule has 0 aliphatic carbocycles. The number of unbranched alkanes of at least 4 members (excludes halogenated alkanes) is 4. The van der Waals surface area contributed by atoms with Crippen molar-refractivity contribution in [3.05, 3.63) is 23.3 Å². The predicted molar refractivity (Wildman–Crippen MR) is 72.2 cm³/mol. The molecule has 100 valence electrons. The minimum atomic E-state index is -0.128. The smallest absolute Gasteiger partial charge is 0.166 e. The summed E-state index contributed by atoms with van der Waals surface area (Å²) >= 11 is 0. The standard InChI is InChI=1S/C15H22O3/c1-3-4-5-6-7-8-13(16)12-9-11(2)14(17)10-15(12)18/h9-10,17-18H,3-8H2,1-2H3. The third-order valence-electron chi connectivity index (χ3n) is 3.12. The lowest BCUT2D eigenvalue weighted by Crippen LogP contribution is -2.00. The Morgan fingerprint density at radius 3 is 2.39 bits per heavy atom. The fourth-order valence-electron chi connectivity index (χ4n) is 1.93. The molecule has 3 nitrogen and oxygen atoms in total. The van der Waals surface area contributed by atoms with Gasteiger partial charge in [0, 0.05) is 12.5 Å². The highest BCUT2D eigenvalue weighted by Crippen LogP contribution is 2.28. The Balaban J connectivity index is 2.54. The summed E-state index contributed by atoms with van der Waals surface area (Å²) in [7, 11) is 0. The van der Waals surface area contributed by atoms with Gasteiger partial charge in [-0.05, 0) is 25.0 Å². The Kier molecular flexibility index (Phi) is 5.69. The van der Waals surface area contributed by atoms with E-state index >= 15 is 0 Å². The van der Waals surface area contributed by atoms with Crippen LogP contribution in [-0.2, 0) is 0 Å². The highest BCUT2D eigenvalue weighted by Gasteiger charge is 2.13. The number of rotatable bonds is 7. The van der Waals surface area contributed by atoms with Crippen LogP contribution in [0.15, 0.2) is 12.1 Å². The Morgan fingerprint density at radius 1 is 1.06 bits per heavy atom. The van der Waals surface area contributed by atoms with Crippen LogP contribution in [0.2, 0.25) is 0 Å². The molecule has 0 atom stereocenters. The molecule has 1 aromatic carbocycles. The van der Waals surface area contributed by atoms with Crippen LogP contribution in [0.25, 0.3) is 0 Å². The number of carbonyl (C=O) groups excluding carboxylic acids is 1. The van der Waals surface area contributed by atoms with Gasteiger partial charge in [0.25, 0.3) is 0 Å². The van der Waals surface area contributed by atoms with E-state index in [1.807, 2.05) is 0 Å². The van der Waals surface area contributed by atoms with Gasteiger partial charge in [-0.3, -0.25) is 4.79 Å². The number of phenolic OH excluding ortho intramolecular Hbond substituents is 2. The summed E-state index contributed by atoms with van der Waals surface area (Å²) in [6.45, 7) is 3.87. The Bertz CT molecular complexity index is 410. The molecule has 0 fully saturated rings. The lowest BCUT2D eigenvalue weighted by Gasteiger charge is -2.07. The van der Waals surface area contributed by atoms with Crippen molar-refractivity contribution in [2.24, 2.45) is 0 Å². The SMILES string of the molecule is CCCCCCCC(=O)c1cc(C)c(O)cc1O. The summed E-state index contributed by atoms with van der Waals surface area (Å²) in [6, 6.07) is 2.79. The number of benzene rings is 1. The lowest BCUT2D eigenvalue weighted by molar-refractivity contribution is 0.0976. The van der Waals surface area contributed by atoms with E-state index in [2.05, 4.69) is 6.92 Å². The number of aryl methyl sites for hydroxylation is 1. The summed E-state index contributed by atoms with van der Waals surface area (Å²) in [4.78, 5) is 11.9. The van der Waals surface area contributed by atoms with Crippen molar-refractivity contribution >= 4 is 5.78 Å². The van der Waals surface area contributed by atoms with E-state index < -0.39 is 0 Å². The first-order valence-electron chi connectivity index (χ1n) is 6.62. The first-order chi connectivity index (χ1) is 8.56. The van der Waals surface area contributed by atoms with Crippen LogP contribution in [0.1, 0.15) is 61.4 Å². The number of carbonyl (C=O) groups is 1. The molecule has 0 saturated carbocycles. The van der Waals surface area contributed by atoms with E-state index in [9.17, 15) is 15.0 Å². The summed E-state index contributed by atoms with van der Waals surface area (Å²) in [5.74, 6) is -0.157. The maximum Gasteiger partial charge on any atom is 0.166 e. The maximum atomic E-state index is 11.9. The molecule has 3 heteroatoms. The van der Waals surface area contributed by atoms with E-state index in [1.165, 1.54) is 18.9 Å². The van der Waals surface area contributed by atoms with Crippen LogP contribution >= 0.6 is 0 Å². The Morgan fingerprint density at radius 2 is 1.72 bits per heavy atom. The van der Waals surface area contributed by atoms with E-state index in [0.29, 0.717) is 17.5 Å². The van der Waals surface area contributed by atoms with Crippen molar-refractivity contribution in [2.45, 2.75) is 52.4 Å². The number of hydrogen-bond donors (Lipinski definition) is 2. The number of phenols is 2. The second kappa shape index (κ2) is 7.04. The second-order valence-electron chi connectivity index (χ2n) is 4.74. The molecule has 0 spiro atoms. The zero-order valence-corrected chi connectivity index (χ0v) is 11.2. The zero-order valence-electron chi connectivity index (χ0n) is 11.2. The first kappa shape index (κ1) is 14.6. The Labute approximate surface area is 108 Å². The van der Waals surface area contributed by atoms with Gasteiger partial charge in [-0.25, -0.2) is 0 Å². The van der Waals surface area contributed by atoms with E-state index in [0.717, 1.165) is 19.3 Å². The van der Waals surface area contributed by atoms with Crippen molar-refractivity contribution in [3.63, 3.8) is 0 Å². The average Bonchev–Trinajstić information content (AvgIpc) is 2.33. The summed E-state index contributed by atoms with van der Waals surface area (Å²) in [6.07, 6.45) is 5.92. The van der Waals surface area contributed by atoms with Gasteiger partial charge >= 0.3 is 0 Å². The largest absolute Gasteiger partial charge is 0.508 e. The van der Waals surface area contributed by atoms with Crippen molar-refractivity contribution in [2.75, 3.05) is 0 Å². The minimum Gasteiger partial charge on any atom is -0.508 e. The third kappa shape index (κ3) is 4.06. The molecule has 0 aliphatic rings. The van der Waals surface area contributed by atoms with Crippen LogP contribution in [0, 0.1) is 6.92 Å². The zero-order chi connectivity index (χ0) is 13.5. The van der Waals surface area contributed by atoms with Crippen LogP contribution < -0.4 is 0 Å². The molecular weight excluding hydrogens is 228 g/mol. The first-order valence-corrected chi connectivity index (χ1v) is 6.62. The van der Waals surface area contributed by atoms with Crippen molar-refractivity contribution < 1.29 is 15.0 Å². The minimum absolute atomic E-state index is 0.0204. The molecule has 1 aromatic rings. The number of ketones is 1. The molecule has 1 rings (SSSR count). The van der Waals surface area contributed by atoms with E-state index in [-0.39, 0.29) is 17.3 Å². The number of aromatic hydroxyl groups is 2. The molecule has 0 heterocycles. The summed E-state index contributed by atoms with van der Waals surface area (Å²) in [5, 5.41) is 19.1. The highest BCUT2D eigenvalue weighted by atomic mass is 16.3. The predicted octanol–water partition coefficient (Wildman–Crippen LogP) is 3.95. The molecule has 0 aromatic heterocycles. The quantitative estimate of drug-likeness (QED) is 0.569. The van der Waals surface area contributed by atoms with Crippen LogP contribution in [0.3, 0.4) is 0 Å². The van der Waals surface area contributed by atoms with Gasteiger partial charge < -0.3 is 10.2 Å². The topological polar surface area (TPSA) is 57.5 Å². The molecule has 0 saturated heterocycles. The van der Waals surface area contributed by atoms with Crippen molar-refractivity contribution in [1.82, 2.24) is 0 Å². The molecule has 0 radical (unpaired) electrons. The average molecular weight is 250 g/mol. The van der Waals surface area contributed by atoms with Crippen LogP contribution in [0.4, 0.5) is 0 Å². The molecule has 0 amide bonds. The third-order valence-corrected chi connectivity index (χ3v) is 3.12. The lowest BCUT2D eigenvalue weighted by atomic mass is 10.0. The summed E-state index contributed by atoms with van der Waals surface area (Å²) in [5.41, 5.74) is 0.933. The maximum absolute atomic E-state index is 11.9. The fourth-order valence-corrected chi connectivity index (χ4v) is 1.93. The second-order valence-corrected chi connectivity index (χ2v) is 4.74. The highest BCUT2D eigenvalue weighted by molar-refractivity contribution is 5.98. The van der Waals surface area contributed by atoms with E-state index in [1.54, 1.807) is 13.0 Å². The number of Topliss-reactive ketones (excluding diaryl/α,β-unsaturated/α-hetero) is 1. The van der Waals surface area contributed by atoms with Crippen LogP contribution in [0.5, 0.6) is 11.5 Å². The van der Waals surface area contributed by atoms with Gasteiger partial charge in [0.15, 0.2) is 5.78 Å². The fraction of sp³-hybridized carbons (Fsp3) is 0.533. The van der Waals surface area contributed by atoms with Gasteiger partial charge in [0.05, 0.1) is 5.56 Å². The van der Waals surface area contributed by atoms with Gasteiger partial charge in [0.1, 0.15) is 11.5 Å². The summed E-state index contributed by atoms with van der Waals surface area (Å²) < 4.78 is 0. The molecular formula is C15H22O3. The van der Waals surface area contributed by atoms with Gasteiger partial charge in [0.2, 0.25) is 0 Å². The van der Waals surface area contributed by atoms with E-state index in [4.69, 9.17) is 0 Å². The monoisotopic (exact) mass is 250 g/mol. The van der Waals surface area contributed by atoms with Gasteiger partial charge in [-0.2, -0.15) is 0 Å². The molecule has 0 bridgehead atoms. The van der Waals surface area contributed by atoms with Gasteiger partial charge in [-0.1, -0.05) is 32.6 Å². The van der Waals surface area contributed by atoms with Gasteiger partial charge in [-0.15, -0.1) is 0 Å².